The van der Waals surface area contributed by atoms with E-state index in [1.807, 2.05) is 24.8 Å². The lowest BCUT2D eigenvalue weighted by molar-refractivity contribution is 0.181. The quantitative estimate of drug-likeness (QED) is 0.702. The fourth-order valence-corrected chi connectivity index (χ4v) is 4.34. The number of urea groups is 1. The number of nitrogens with zero attached hydrogens (tertiary/aromatic N) is 1. The highest BCUT2D eigenvalue weighted by Crippen LogP contribution is 2.35. The summed E-state index contributed by atoms with van der Waals surface area (Å²) in [6, 6.07) is 10.5. The summed E-state index contributed by atoms with van der Waals surface area (Å²) in [6.45, 7) is 8.12. The first kappa shape index (κ1) is 17.7. The van der Waals surface area contributed by atoms with Gasteiger partial charge in [0.25, 0.3) is 0 Å². The Bertz CT molecular complexity index is 961. The van der Waals surface area contributed by atoms with Gasteiger partial charge in [0, 0.05) is 41.8 Å². The third-order valence-electron chi connectivity index (χ3n) is 5.71. The first-order valence-electron chi connectivity index (χ1n) is 9.69. The number of H-pyrrole nitrogens is 1. The van der Waals surface area contributed by atoms with Crippen molar-refractivity contribution in [3.63, 3.8) is 0 Å². The van der Waals surface area contributed by atoms with Crippen molar-refractivity contribution in [2.24, 2.45) is 0 Å². The molecule has 0 aliphatic carbocycles. The number of rotatable bonds is 3. The summed E-state index contributed by atoms with van der Waals surface area (Å²) in [7, 11) is 0. The topological polar surface area (TPSA) is 61.3 Å². The zero-order valence-corrected chi connectivity index (χ0v) is 16.3. The van der Waals surface area contributed by atoms with Crippen molar-refractivity contribution in [1.29, 1.82) is 0 Å². The van der Waals surface area contributed by atoms with Crippen LogP contribution in [0.15, 0.2) is 34.7 Å². The van der Waals surface area contributed by atoms with Crippen LogP contribution in [-0.4, -0.2) is 29.0 Å². The summed E-state index contributed by atoms with van der Waals surface area (Å²) >= 11 is 0. The van der Waals surface area contributed by atoms with E-state index in [1.54, 1.807) is 0 Å². The minimum Gasteiger partial charge on any atom is -0.466 e. The van der Waals surface area contributed by atoms with Crippen molar-refractivity contribution < 1.29 is 9.21 Å². The molecule has 0 bridgehead atoms. The van der Waals surface area contributed by atoms with E-state index in [0.717, 1.165) is 43.0 Å². The lowest BCUT2D eigenvalue weighted by Crippen LogP contribution is -2.43. The van der Waals surface area contributed by atoms with Crippen molar-refractivity contribution in [2.45, 2.75) is 46.1 Å². The summed E-state index contributed by atoms with van der Waals surface area (Å²) in [4.78, 5) is 18.0. The second-order valence-electron chi connectivity index (χ2n) is 7.57. The Hall–Kier alpha value is -2.69. The Morgan fingerprint density at radius 3 is 2.67 bits per heavy atom. The molecule has 5 heteroatoms. The number of carbonyl (C=O) groups excluding carboxylic acids is 1. The summed E-state index contributed by atoms with van der Waals surface area (Å²) in [5, 5.41) is 4.36. The number of carbonyl (C=O) groups is 1. The van der Waals surface area contributed by atoms with Crippen molar-refractivity contribution >= 4 is 16.9 Å². The van der Waals surface area contributed by atoms with Crippen molar-refractivity contribution in [3.05, 3.63) is 58.7 Å². The van der Waals surface area contributed by atoms with Crippen LogP contribution in [0.4, 0.5) is 4.79 Å². The number of aromatic nitrogens is 1. The lowest BCUT2D eigenvalue weighted by atomic mass is 9.87. The summed E-state index contributed by atoms with van der Waals surface area (Å²) in [5.74, 6) is 2.26. The Morgan fingerprint density at radius 1 is 1.22 bits per heavy atom. The minimum atomic E-state index is 0.0161. The molecule has 2 N–H and O–H groups in total. The number of nitrogens with one attached hydrogen (secondary N) is 2. The molecule has 1 saturated heterocycles. The number of para-hydroxylation sites is 1. The van der Waals surface area contributed by atoms with Gasteiger partial charge in [0.05, 0.1) is 0 Å². The number of aryl methyl sites for hydroxylation is 3. The van der Waals surface area contributed by atoms with E-state index in [-0.39, 0.29) is 6.03 Å². The van der Waals surface area contributed by atoms with E-state index in [1.165, 1.54) is 22.2 Å². The zero-order chi connectivity index (χ0) is 19.0. The van der Waals surface area contributed by atoms with Gasteiger partial charge in [0.1, 0.15) is 11.5 Å². The molecule has 0 spiro atoms. The van der Waals surface area contributed by atoms with Crippen LogP contribution in [0, 0.1) is 20.8 Å². The number of likely N-dealkylation sites (tertiary alicyclic amines) is 1. The number of benzene rings is 1. The summed E-state index contributed by atoms with van der Waals surface area (Å²) in [6.07, 6.45) is 2.00. The number of hydrogen-bond acceptors (Lipinski definition) is 2. The Labute approximate surface area is 159 Å². The smallest absolute Gasteiger partial charge is 0.317 e. The highest BCUT2D eigenvalue weighted by molar-refractivity contribution is 5.85. The third kappa shape index (κ3) is 3.46. The average molecular weight is 365 g/mol. The summed E-state index contributed by atoms with van der Waals surface area (Å²) in [5.41, 5.74) is 4.93. The molecule has 27 heavy (non-hydrogen) atoms. The van der Waals surface area contributed by atoms with E-state index >= 15 is 0 Å². The average Bonchev–Trinajstić information content (AvgIpc) is 3.17. The number of hydrogen-bond donors (Lipinski definition) is 2. The maximum Gasteiger partial charge on any atom is 0.317 e. The Kier molecular flexibility index (Phi) is 4.68. The van der Waals surface area contributed by atoms with Gasteiger partial charge in [-0.1, -0.05) is 18.2 Å². The van der Waals surface area contributed by atoms with Crippen LogP contribution in [0.25, 0.3) is 10.9 Å². The number of fused-ring (bicyclic) bond motifs is 1. The molecule has 0 saturated carbocycles. The van der Waals surface area contributed by atoms with Gasteiger partial charge in [-0.15, -0.1) is 0 Å². The predicted octanol–water partition coefficient (Wildman–Crippen LogP) is 4.78. The normalized spacial score (nSPS) is 15.4. The molecule has 1 fully saturated rings. The van der Waals surface area contributed by atoms with Crippen LogP contribution in [0.1, 0.15) is 47.1 Å². The first-order valence-corrected chi connectivity index (χ1v) is 9.69. The van der Waals surface area contributed by atoms with Gasteiger partial charge in [0.15, 0.2) is 0 Å². The molecule has 5 nitrogen and oxygen atoms in total. The molecule has 0 radical (unpaired) electrons. The van der Waals surface area contributed by atoms with Crippen LogP contribution in [0.5, 0.6) is 0 Å². The van der Waals surface area contributed by atoms with E-state index in [2.05, 4.69) is 41.5 Å². The highest BCUT2D eigenvalue weighted by atomic mass is 16.3. The van der Waals surface area contributed by atoms with Gasteiger partial charge >= 0.3 is 6.03 Å². The molecule has 0 atom stereocenters. The molecule has 142 valence electrons. The largest absolute Gasteiger partial charge is 0.466 e. The number of aromatic amines is 1. The SMILES string of the molecule is Cc1cc(CNC(=O)N2CCC(c3c(C)[nH]c4ccccc34)CC2)c(C)o1. The standard InChI is InChI=1S/C22H27N3O2/c1-14-12-18(16(3)27-14)13-23-22(26)25-10-8-17(9-11-25)21-15(2)24-20-7-5-4-6-19(20)21/h4-7,12,17,24H,8-11,13H2,1-3H3,(H,23,26). The van der Waals surface area contributed by atoms with E-state index in [4.69, 9.17) is 4.42 Å². The molecule has 2 aromatic heterocycles. The molecular weight excluding hydrogens is 338 g/mol. The first-order chi connectivity index (χ1) is 13.0. The molecule has 0 unspecified atom stereocenters. The molecule has 2 amide bonds. The molecular formula is C22H27N3O2. The molecule has 3 aromatic rings. The third-order valence-corrected chi connectivity index (χ3v) is 5.71. The zero-order valence-electron chi connectivity index (χ0n) is 16.3. The highest BCUT2D eigenvalue weighted by Gasteiger charge is 2.26. The van der Waals surface area contributed by atoms with Crippen LogP contribution >= 0.6 is 0 Å². The second kappa shape index (κ2) is 7.14. The maximum absolute atomic E-state index is 12.5. The fourth-order valence-electron chi connectivity index (χ4n) is 4.34. The lowest BCUT2D eigenvalue weighted by Gasteiger charge is -2.32. The fraction of sp³-hybridized carbons (Fsp3) is 0.409. The molecule has 1 aliphatic heterocycles. The van der Waals surface area contributed by atoms with Gasteiger partial charge in [-0.25, -0.2) is 4.79 Å². The van der Waals surface area contributed by atoms with Crippen molar-refractivity contribution in [2.75, 3.05) is 13.1 Å². The Balaban J connectivity index is 1.37. The molecule has 1 aromatic carbocycles. The number of amides is 2. The van der Waals surface area contributed by atoms with Crippen LogP contribution in [0.2, 0.25) is 0 Å². The number of piperidine rings is 1. The van der Waals surface area contributed by atoms with Crippen molar-refractivity contribution in [1.82, 2.24) is 15.2 Å². The van der Waals surface area contributed by atoms with E-state index in [0.29, 0.717) is 12.5 Å². The van der Waals surface area contributed by atoms with Gasteiger partial charge in [-0.05, 0) is 57.2 Å². The second-order valence-corrected chi connectivity index (χ2v) is 7.57. The van der Waals surface area contributed by atoms with Gasteiger partial charge in [-0.3, -0.25) is 0 Å². The molecule has 1 aliphatic rings. The van der Waals surface area contributed by atoms with E-state index in [9.17, 15) is 4.79 Å². The molecule has 3 heterocycles. The van der Waals surface area contributed by atoms with Gasteiger partial charge in [0.2, 0.25) is 0 Å². The van der Waals surface area contributed by atoms with Gasteiger partial charge < -0.3 is 19.6 Å². The minimum absolute atomic E-state index is 0.0161. The van der Waals surface area contributed by atoms with Gasteiger partial charge in [-0.2, -0.15) is 0 Å². The van der Waals surface area contributed by atoms with E-state index < -0.39 is 0 Å². The summed E-state index contributed by atoms with van der Waals surface area (Å²) < 4.78 is 5.53. The predicted molar refractivity (Wildman–Crippen MR) is 107 cm³/mol. The Morgan fingerprint density at radius 2 is 1.96 bits per heavy atom. The van der Waals surface area contributed by atoms with Crippen LogP contribution in [-0.2, 0) is 6.54 Å². The number of furan rings is 1. The van der Waals surface area contributed by atoms with Crippen LogP contribution in [0.3, 0.4) is 0 Å². The van der Waals surface area contributed by atoms with Crippen LogP contribution < -0.4 is 5.32 Å². The monoisotopic (exact) mass is 365 g/mol. The maximum atomic E-state index is 12.5. The van der Waals surface area contributed by atoms with Crippen molar-refractivity contribution in [3.8, 4) is 0 Å². The molecule has 4 rings (SSSR count).